The Morgan fingerprint density at radius 1 is 1.38 bits per heavy atom. The van der Waals surface area contributed by atoms with E-state index in [4.69, 9.17) is 17.0 Å². The fourth-order valence-electron chi connectivity index (χ4n) is 1.96. The van der Waals surface area contributed by atoms with Gasteiger partial charge in [0.15, 0.2) is 4.77 Å². The number of nitrogens with one attached hydrogen (secondary N) is 1. The first-order valence-corrected chi connectivity index (χ1v) is 7.87. The van der Waals surface area contributed by atoms with Gasteiger partial charge in [0, 0.05) is 12.3 Å². The summed E-state index contributed by atoms with van der Waals surface area (Å²) in [6.45, 7) is 2.77. The average Bonchev–Trinajstić information content (AvgIpc) is 2.72. The summed E-state index contributed by atoms with van der Waals surface area (Å²) in [5.74, 6) is 0.591. The van der Waals surface area contributed by atoms with Crippen molar-refractivity contribution in [3.8, 4) is 5.75 Å². The van der Waals surface area contributed by atoms with Crippen LogP contribution in [0, 0.1) is 4.77 Å². The molecule has 0 aliphatic carbocycles. The summed E-state index contributed by atoms with van der Waals surface area (Å²) < 4.78 is 44.3. The zero-order valence-electron chi connectivity index (χ0n) is 11.4. The molecule has 1 N–H and O–H groups in total. The fraction of sp³-hybridized carbons (Fsp3) is 0.462. The molecule has 0 bridgehead atoms. The zero-order valence-corrected chi connectivity index (χ0v) is 13.0. The molecule has 0 spiro atoms. The molecule has 0 unspecified atom stereocenters. The lowest BCUT2D eigenvalue weighted by molar-refractivity contribution is -0.0328. The first kappa shape index (κ1) is 16.2. The van der Waals surface area contributed by atoms with Crippen LogP contribution >= 0.6 is 24.0 Å². The van der Waals surface area contributed by atoms with Gasteiger partial charge in [-0.1, -0.05) is 13.0 Å². The maximum Gasteiger partial charge on any atom is 0.441 e. The van der Waals surface area contributed by atoms with E-state index in [1.165, 1.54) is 0 Å². The van der Waals surface area contributed by atoms with Crippen molar-refractivity contribution in [2.45, 2.75) is 25.4 Å². The smallest absolute Gasteiger partial charge is 0.441 e. The predicted molar refractivity (Wildman–Crippen MR) is 81.4 cm³/mol. The number of aryl methyl sites for hydroxylation is 1. The Morgan fingerprint density at radius 3 is 2.81 bits per heavy atom. The number of fused-ring (bicyclic) bond motifs is 1. The van der Waals surface area contributed by atoms with Crippen LogP contribution in [0.25, 0.3) is 11.0 Å². The Morgan fingerprint density at radius 2 is 2.14 bits per heavy atom. The number of hydrogen-bond donors (Lipinski definition) is 1. The van der Waals surface area contributed by atoms with Crippen LogP contribution in [0.3, 0.4) is 0 Å². The van der Waals surface area contributed by atoms with Gasteiger partial charge in [-0.05, 0) is 42.5 Å². The van der Waals surface area contributed by atoms with Gasteiger partial charge >= 0.3 is 5.51 Å². The van der Waals surface area contributed by atoms with Crippen LogP contribution in [0.5, 0.6) is 5.75 Å². The second kappa shape index (κ2) is 6.74. The standard InChI is InChI=1S/C13H15F3N2OS2/c1-2-7-19-10-5-3-4-9-11(10)17-12(20)18(9)6-8-21-13(14,15)16/h3-5H,2,6-8H2,1H3,(H,17,20). The van der Waals surface area contributed by atoms with Gasteiger partial charge in [-0.2, -0.15) is 13.2 Å². The highest BCUT2D eigenvalue weighted by Crippen LogP contribution is 2.31. The number of alkyl halides is 3. The van der Waals surface area contributed by atoms with Crippen molar-refractivity contribution in [1.82, 2.24) is 9.55 Å². The summed E-state index contributed by atoms with van der Waals surface area (Å²) >= 11 is 5.15. The molecule has 2 aromatic rings. The van der Waals surface area contributed by atoms with E-state index >= 15 is 0 Å². The van der Waals surface area contributed by atoms with E-state index in [1.54, 1.807) is 4.57 Å². The Balaban J connectivity index is 2.24. The Labute approximate surface area is 129 Å². The Hall–Kier alpha value is -1.15. The lowest BCUT2D eigenvalue weighted by Gasteiger charge is -2.08. The summed E-state index contributed by atoms with van der Waals surface area (Å²) in [5.41, 5.74) is -2.73. The van der Waals surface area contributed by atoms with E-state index in [9.17, 15) is 13.2 Å². The third kappa shape index (κ3) is 4.16. The highest BCUT2D eigenvalue weighted by atomic mass is 32.2. The summed E-state index contributed by atoms with van der Waals surface area (Å²) in [6, 6.07) is 5.44. The molecule has 1 heterocycles. The van der Waals surface area contributed by atoms with Crippen molar-refractivity contribution in [2.75, 3.05) is 12.4 Å². The molecule has 0 amide bonds. The minimum Gasteiger partial charge on any atom is -0.491 e. The third-order valence-electron chi connectivity index (χ3n) is 2.81. The molecule has 1 aromatic carbocycles. The summed E-state index contributed by atoms with van der Waals surface area (Å²) in [6.07, 6.45) is 0.875. The molecule has 0 aliphatic rings. The number of halogens is 3. The molecule has 0 saturated carbocycles. The maximum absolute atomic E-state index is 12.2. The van der Waals surface area contributed by atoms with Gasteiger partial charge < -0.3 is 14.3 Å². The first-order chi connectivity index (χ1) is 9.92. The first-order valence-electron chi connectivity index (χ1n) is 6.47. The number of H-pyrrole nitrogens is 1. The average molecular weight is 336 g/mol. The lowest BCUT2D eigenvalue weighted by Crippen LogP contribution is -2.07. The topological polar surface area (TPSA) is 29.9 Å². The van der Waals surface area contributed by atoms with Crippen LogP contribution in [-0.4, -0.2) is 27.4 Å². The van der Waals surface area contributed by atoms with Crippen molar-refractivity contribution < 1.29 is 17.9 Å². The van der Waals surface area contributed by atoms with E-state index in [0.29, 0.717) is 17.1 Å². The highest BCUT2D eigenvalue weighted by Gasteiger charge is 2.27. The van der Waals surface area contributed by atoms with Gasteiger partial charge in [0.05, 0.1) is 12.1 Å². The van der Waals surface area contributed by atoms with E-state index in [-0.39, 0.29) is 24.1 Å². The van der Waals surface area contributed by atoms with Gasteiger partial charge in [0.25, 0.3) is 0 Å². The number of nitrogens with zero attached hydrogens (tertiary/aromatic N) is 1. The molecule has 0 saturated heterocycles. The Bertz CT molecular complexity index is 663. The number of thioether (sulfide) groups is 1. The molecule has 8 heteroatoms. The van der Waals surface area contributed by atoms with Crippen molar-refractivity contribution in [3.05, 3.63) is 23.0 Å². The Kier molecular flexibility index (Phi) is 5.21. The molecule has 0 radical (unpaired) electrons. The van der Waals surface area contributed by atoms with Crippen LogP contribution in [0.2, 0.25) is 0 Å². The molecule has 2 rings (SSSR count). The molecule has 0 aliphatic heterocycles. The number of para-hydroxylation sites is 1. The minimum absolute atomic E-state index is 0.0451. The van der Waals surface area contributed by atoms with E-state index in [1.807, 2.05) is 25.1 Å². The zero-order chi connectivity index (χ0) is 15.5. The van der Waals surface area contributed by atoms with E-state index in [2.05, 4.69) is 4.98 Å². The fourth-order valence-corrected chi connectivity index (χ4v) is 2.76. The normalized spacial score (nSPS) is 12.0. The molecule has 0 atom stereocenters. The number of aromatic amines is 1. The lowest BCUT2D eigenvalue weighted by atomic mass is 10.3. The number of aromatic nitrogens is 2. The van der Waals surface area contributed by atoms with Crippen LogP contribution < -0.4 is 4.74 Å². The number of rotatable bonds is 6. The van der Waals surface area contributed by atoms with Crippen LogP contribution in [0.15, 0.2) is 18.2 Å². The van der Waals surface area contributed by atoms with Crippen molar-refractivity contribution in [3.63, 3.8) is 0 Å². The minimum atomic E-state index is -4.22. The van der Waals surface area contributed by atoms with Gasteiger partial charge in [-0.3, -0.25) is 0 Å². The number of hydrogen-bond acceptors (Lipinski definition) is 3. The van der Waals surface area contributed by atoms with E-state index in [0.717, 1.165) is 17.5 Å². The SMILES string of the molecule is CCCOc1cccc2c1[nH]c(=S)n2CCSC(F)(F)F. The summed E-state index contributed by atoms with van der Waals surface area (Å²) in [7, 11) is 0. The van der Waals surface area contributed by atoms with Crippen molar-refractivity contribution in [2.24, 2.45) is 0 Å². The van der Waals surface area contributed by atoms with Crippen LogP contribution in [0.4, 0.5) is 13.2 Å². The number of benzene rings is 1. The molecule has 1 aromatic heterocycles. The number of imidazole rings is 1. The summed E-state index contributed by atoms with van der Waals surface area (Å²) in [4.78, 5) is 3.01. The van der Waals surface area contributed by atoms with Crippen LogP contribution in [0.1, 0.15) is 13.3 Å². The number of ether oxygens (including phenoxy) is 1. The molecular weight excluding hydrogens is 321 g/mol. The maximum atomic E-state index is 12.2. The highest BCUT2D eigenvalue weighted by molar-refractivity contribution is 8.00. The monoisotopic (exact) mass is 336 g/mol. The van der Waals surface area contributed by atoms with Gasteiger partial charge in [-0.25, -0.2) is 0 Å². The van der Waals surface area contributed by atoms with E-state index < -0.39 is 5.51 Å². The van der Waals surface area contributed by atoms with Gasteiger partial charge in [0.1, 0.15) is 11.3 Å². The molecule has 21 heavy (non-hydrogen) atoms. The largest absolute Gasteiger partial charge is 0.491 e. The summed E-state index contributed by atoms with van der Waals surface area (Å²) in [5, 5.41) is 0. The molecule has 0 fully saturated rings. The van der Waals surface area contributed by atoms with Crippen LogP contribution in [-0.2, 0) is 6.54 Å². The second-order valence-corrected chi connectivity index (χ2v) is 5.92. The molecular formula is C13H15F3N2OS2. The van der Waals surface area contributed by atoms with Gasteiger partial charge in [-0.15, -0.1) is 0 Å². The van der Waals surface area contributed by atoms with Gasteiger partial charge in [0.2, 0.25) is 0 Å². The van der Waals surface area contributed by atoms with Crippen molar-refractivity contribution >= 4 is 35.0 Å². The second-order valence-electron chi connectivity index (χ2n) is 4.37. The molecule has 3 nitrogen and oxygen atoms in total. The molecule has 116 valence electrons. The third-order valence-corrected chi connectivity index (χ3v) is 3.85. The predicted octanol–water partition coefficient (Wildman–Crippen LogP) is 4.74. The quantitative estimate of drug-likeness (QED) is 0.773. The van der Waals surface area contributed by atoms with Crippen molar-refractivity contribution in [1.29, 1.82) is 0 Å².